The van der Waals surface area contributed by atoms with Gasteiger partial charge in [0.05, 0.1) is 0 Å². The second-order valence-corrected chi connectivity index (χ2v) is 4.85. The highest BCUT2D eigenvalue weighted by Gasteiger charge is 2.20. The predicted molar refractivity (Wildman–Crippen MR) is 70.0 cm³/mol. The number of benzene rings is 1. The third-order valence-corrected chi connectivity index (χ3v) is 3.51. The Bertz CT molecular complexity index is 347. The molecule has 2 heteroatoms. The Morgan fingerprint density at radius 3 is 2.76 bits per heavy atom. The Morgan fingerprint density at radius 1 is 1.18 bits per heavy atom. The van der Waals surface area contributed by atoms with Gasteiger partial charge in [-0.05, 0) is 24.8 Å². The van der Waals surface area contributed by atoms with E-state index in [1.54, 1.807) is 0 Å². The van der Waals surface area contributed by atoms with Crippen molar-refractivity contribution in [2.75, 3.05) is 13.1 Å². The summed E-state index contributed by atoms with van der Waals surface area (Å²) < 4.78 is 0. The summed E-state index contributed by atoms with van der Waals surface area (Å²) in [7, 11) is 0. The summed E-state index contributed by atoms with van der Waals surface area (Å²) in [5.74, 6) is 0.739. The highest BCUT2D eigenvalue weighted by molar-refractivity contribution is 5.82. The highest BCUT2D eigenvalue weighted by Crippen LogP contribution is 2.15. The minimum absolute atomic E-state index is 0.277. The van der Waals surface area contributed by atoms with E-state index < -0.39 is 0 Å². The number of hydrogen-bond acceptors (Lipinski definition) is 2. The molecule has 1 saturated heterocycles. The third kappa shape index (κ3) is 3.97. The maximum absolute atomic E-state index is 11.6. The maximum atomic E-state index is 11.6. The van der Waals surface area contributed by atoms with E-state index in [-0.39, 0.29) is 5.92 Å². The molecule has 2 nitrogen and oxygen atoms in total. The van der Waals surface area contributed by atoms with Crippen molar-refractivity contribution in [2.24, 2.45) is 5.92 Å². The van der Waals surface area contributed by atoms with Gasteiger partial charge in [0, 0.05) is 25.4 Å². The van der Waals surface area contributed by atoms with Crippen LogP contribution in [0, 0.1) is 5.92 Å². The minimum atomic E-state index is 0.277. The second-order valence-electron chi connectivity index (χ2n) is 4.85. The largest absolute Gasteiger partial charge is 0.316 e. The lowest BCUT2D eigenvalue weighted by molar-refractivity contribution is -0.124. The number of carbonyl (C=O) groups is 1. The molecule has 17 heavy (non-hydrogen) atoms. The Balaban J connectivity index is 1.64. The maximum Gasteiger partial charge on any atom is 0.138 e. The van der Waals surface area contributed by atoms with Gasteiger partial charge in [-0.1, -0.05) is 36.8 Å². The van der Waals surface area contributed by atoms with Crippen LogP contribution in [0.15, 0.2) is 30.3 Å². The van der Waals surface area contributed by atoms with Gasteiger partial charge >= 0.3 is 0 Å². The standard InChI is InChI=1S/C15H21NO/c17-15-10-11-16-12-14(15)9-5-4-8-13-6-2-1-3-7-13/h1-3,6-7,14,16H,4-5,8-12H2. The van der Waals surface area contributed by atoms with E-state index in [4.69, 9.17) is 0 Å². The van der Waals surface area contributed by atoms with Crippen molar-refractivity contribution in [3.05, 3.63) is 35.9 Å². The zero-order chi connectivity index (χ0) is 11.9. The summed E-state index contributed by atoms with van der Waals surface area (Å²) in [6.45, 7) is 1.77. The number of carbonyl (C=O) groups excluding carboxylic acids is 1. The number of rotatable bonds is 5. The molecule has 0 bridgehead atoms. The number of piperidine rings is 1. The van der Waals surface area contributed by atoms with Crippen LogP contribution in [0.3, 0.4) is 0 Å². The summed E-state index contributed by atoms with van der Waals surface area (Å²) in [6.07, 6.45) is 5.26. The SMILES string of the molecule is O=C1CCNCC1CCCCc1ccccc1. The van der Waals surface area contributed by atoms with E-state index in [9.17, 15) is 4.79 Å². The summed E-state index contributed by atoms with van der Waals surface area (Å²) in [5.41, 5.74) is 1.40. The van der Waals surface area contributed by atoms with Crippen molar-refractivity contribution >= 4 is 5.78 Å². The van der Waals surface area contributed by atoms with E-state index in [2.05, 4.69) is 35.6 Å². The first-order valence-electron chi connectivity index (χ1n) is 6.63. The van der Waals surface area contributed by atoms with Gasteiger partial charge in [0.2, 0.25) is 0 Å². The molecule has 1 aliphatic heterocycles. The number of hydrogen-bond donors (Lipinski definition) is 1. The van der Waals surface area contributed by atoms with Gasteiger partial charge in [-0.25, -0.2) is 0 Å². The number of unbranched alkanes of at least 4 members (excludes halogenated alkanes) is 1. The monoisotopic (exact) mass is 231 g/mol. The van der Waals surface area contributed by atoms with Gasteiger partial charge in [0.15, 0.2) is 0 Å². The summed E-state index contributed by atoms with van der Waals surface area (Å²) >= 11 is 0. The fourth-order valence-corrected chi connectivity index (χ4v) is 2.43. The zero-order valence-corrected chi connectivity index (χ0v) is 10.3. The van der Waals surface area contributed by atoms with Gasteiger partial charge in [-0.2, -0.15) is 0 Å². The second kappa shape index (κ2) is 6.55. The normalized spacial score (nSPS) is 20.5. The predicted octanol–water partition coefficient (Wildman–Crippen LogP) is 2.58. The van der Waals surface area contributed by atoms with E-state index in [1.165, 1.54) is 12.0 Å². The number of nitrogens with one attached hydrogen (secondary N) is 1. The number of aryl methyl sites for hydroxylation is 1. The van der Waals surface area contributed by atoms with Crippen molar-refractivity contribution < 1.29 is 4.79 Å². The Hall–Kier alpha value is -1.15. The lowest BCUT2D eigenvalue weighted by Gasteiger charge is -2.21. The summed E-state index contributed by atoms with van der Waals surface area (Å²) in [4.78, 5) is 11.6. The molecule has 0 saturated carbocycles. The molecule has 1 N–H and O–H groups in total. The van der Waals surface area contributed by atoms with Crippen LogP contribution in [0.25, 0.3) is 0 Å². The first kappa shape index (κ1) is 12.3. The average Bonchev–Trinajstić information content (AvgIpc) is 2.38. The zero-order valence-electron chi connectivity index (χ0n) is 10.3. The first-order valence-corrected chi connectivity index (χ1v) is 6.63. The fourth-order valence-electron chi connectivity index (χ4n) is 2.43. The van der Waals surface area contributed by atoms with Gasteiger partial charge in [-0.15, -0.1) is 0 Å². The lowest BCUT2D eigenvalue weighted by Crippen LogP contribution is -2.36. The summed E-state index contributed by atoms with van der Waals surface area (Å²) in [6, 6.07) is 10.6. The van der Waals surface area contributed by atoms with Crippen LogP contribution in [-0.2, 0) is 11.2 Å². The first-order chi connectivity index (χ1) is 8.36. The van der Waals surface area contributed by atoms with E-state index in [0.29, 0.717) is 5.78 Å². The molecule has 1 fully saturated rings. The van der Waals surface area contributed by atoms with Crippen LogP contribution in [-0.4, -0.2) is 18.9 Å². The highest BCUT2D eigenvalue weighted by atomic mass is 16.1. The number of Topliss-reactive ketones (excluding diaryl/α,β-unsaturated/α-hetero) is 1. The molecule has 1 aromatic carbocycles. The molecule has 1 aromatic rings. The molecule has 2 rings (SSSR count). The van der Waals surface area contributed by atoms with Crippen LogP contribution in [0.1, 0.15) is 31.2 Å². The molecule has 0 amide bonds. The van der Waals surface area contributed by atoms with E-state index in [0.717, 1.165) is 38.8 Å². The van der Waals surface area contributed by atoms with Crippen LogP contribution >= 0.6 is 0 Å². The van der Waals surface area contributed by atoms with Gasteiger partial charge in [0.25, 0.3) is 0 Å². The molecular weight excluding hydrogens is 210 g/mol. The Kier molecular flexibility index (Phi) is 4.75. The average molecular weight is 231 g/mol. The smallest absolute Gasteiger partial charge is 0.138 e. The van der Waals surface area contributed by atoms with Crippen LogP contribution in [0.2, 0.25) is 0 Å². The quantitative estimate of drug-likeness (QED) is 0.789. The van der Waals surface area contributed by atoms with Crippen molar-refractivity contribution in [2.45, 2.75) is 32.1 Å². The van der Waals surface area contributed by atoms with E-state index in [1.807, 2.05) is 0 Å². The molecule has 0 radical (unpaired) electrons. The van der Waals surface area contributed by atoms with Crippen molar-refractivity contribution in [3.8, 4) is 0 Å². The molecule has 1 unspecified atom stereocenters. The molecule has 92 valence electrons. The van der Waals surface area contributed by atoms with E-state index >= 15 is 0 Å². The topological polar surface area (TPSA) is 29.1 Å². The fraction of sp³-hybridized carbons (Fsp3) is 0.533. The summed E-state index contributed by atoms with van der Waals surface area (Å²) in [5, 5.41) is 3.30. The molecule has 1 aliphatic rings. The molecule has 0 spiro atoms. The Labute approximate surface area is 103 Å². The lowest BCUT2D eigenvalue weighted by atomic mass is 9.92. The number of ketones is 1. The van der Waals surface area contributed by atoms with Crippen molar-refractivity contribution in [1.82, 2.24) is 5.32 Å². The van der Waals surface area contributed by atoms with Crippen LogP contribution in [0.4, 0.5) is 0 Å². The van der Waals surface area contributed by atoms with Gasteiger partial charge < -0.3 is 5.32 Å². The Morgan fingerprint density at radius 2 is 2.00 bits per heavy atom. The molecule has 1 atom stereocenters. The van der Waals surface area contributed by atoms with Crippen molar-refractivity contribution in [1.29, 1.82) is 0 Å². The van der Waals surface area contributed by atoms with Crippen molar-refractivity contribution in [3.63, 3.8) is 0 Å². The molecule has 0 aliphatic carbocycles. The minimum Gasteiger partial charge on any atom is -0.316 e. The van der Waals surface area contributed by atoms with Gasteiger partial charge in [0.1, 0.15) is 5.78 Å². The molecule has 0 aromatic heterocycles. The van der Waals surface area contributed by atoms with Crippen LogP contribution in [0.5, 0.6) is 0 Å². The van der Waals surface area contributed by atoms with Gasteiger partial charge in [-0.3, -0.25) is 4.79 Å². The molecule has 1 heterocycles. The third-order valence-electron chi connectivity index (χ3n) is 3.51. The molecular formula is C15H21NO. The van der Waals surface area contributed by atoms with Crippen LogP contribution < -0.4 is 5.32 Å².